The number of pyridine rings is 1. The minimum Gasteiger partial charge on any atom is -0.378 e. The first-order valence-electron chi connectivity index (χ1n) is 10.7. The summed E-state index contributed by atoms with van der Waals surface area (Å²) < 4.78 is 7.44. The average molecular weight is 398 g/mol. The number of morpholine rings is 1. The van der Waals surface area contributed by atoms with Crippen LogP contribution in [0.4, 0.5) is 0 Å². The molecule has 2 aromatic rings. The lowest BCUT2D eigenvalue weighted by Gasteiger charge is -2.34. The second kappa shape index (κ2) is 9.05. The maximum Gasteiger partial charge on any atom is 0.236 e. The zero-order valence-corrected chi connectivity index (χ0v) is 17.5. The molecule has 2 aromatic heterocycles. The number of piperidine rings is 1. The molecule has 1 amide bonds. The number of likely N-dealkylation sites (tertiary alicyclic amines) is 1. The van der Waals surface area contributed by atoms with E-state index in [1.165, 1.54) is 0 Å². The smallest absolute Gasteiger partial charge is 0.236 e. The summed E-state index contributed by atoms with van der Waals surface area (Å²) in [5.74, 6) is 2.86. The highest BCUT2D eigenvalue weighted by Gasteiger charge is 2.26. The number of amides is 1. The number of aromatic nitrogens is 3. The van der Waals surface area contributed by atoms with E-state index in [0.717, 1.165) is 43.3 Å². The number of carbonyl (C=O) groups is 1. The molecule has 0 spiro atoms. The van der Waals surface area contributed by atoms with Crippen LogP contribution in [0, 0.1) is 0 Å². The Kier molecular flexibility index (Phi) is 6.25. The molecule has 0 aromatic carbocycles. The molecule has 4 rings (SSSR count). The first kappa shape index (κ1) is 20.0. The summed E-state index contributed by atoms with van der Waals surface area (Å²) >= 11 is 0. The molecule has 0 unspecified atom stereocenters. The molecule has 0 radical (unpaired) electrons. The summed E-state index contributed by atoms with van der Waals surface area (Å²) in [7, 11) is 0. The fraction of sp³-hybridized carbons (Fsp3) is 0.591. The molecule has 0 saturated carbocycles. The van der Waals surface area contributed by atoms with Gasteiger partial charge in [0, 0.05) is 49.6 Å². The largest absolute Gasteiger partial charge is 0.378 e. The third-order valence-electron chi connectivity index (χ3n) is 5.83. The maximum absolute atomic E-state index is 12.6. The Hall–Kier alpha value is -2.25. The highest BCUT2D eigenvalue weighted by Crippen LogP contribution is 2.27. The monoisotopic (exact) mass is 397 g/mol. The van der Waals surface area contributed by atoms with E-state index in [-0.39, 0.29) is 5.91 Å². The molecule has 4 heterocycles. The molecule has 0 bridgehead atoms. The van der Waals surface area contributed by atoms with Gasteiger partial charge >= 0.3 is 0 Å². The molecule has 0 N–H and O–H groups in total. The Labute approximate surface area is 172 Å². The van der Waals surface area contributed by atoms with Gasteiger partial charge in [0.15, 0.2) is 0 Å². The zero-order chi connectivity index (χ0) is 20.2. The van der Waals surface area contributed by atoms with Crippen LogP contribution in [0.25, 0.3) is 5.82 Å². The summed E-state index contributed by atoms with van der Waals surface area (Å²) in [5, 5.41) is 0. The molecule has 1 atom stereocenters. The minimum atomic E-state index is 0.218. The molecule has 7 heteroatoms. The summed E-state index contributed by atoms with van der Waals surface area (Å²) in [6, 6.07) is 6.24. The molecular weight excluding hydrogens is 366 g/mol. The van der Waals surface area contributed by atoms with E-state index in [1.54, 1.807) is 0 Å². The van der Waals surface area contributed by atoms with Crippen LogP contribution in [0.15, 0.2) is 30.6 Å². The Balaban J connectivity index is 1.44. The Morgan fingerprint density at radius 1 is 1.24 bits per heavy atom. The number of hydrogen-bond acceptors (Lipinski definition) is 5. The minimum absolute atomic E-state index is 0.218. The van der Waals surface area contributed by atoms with Crippen molar-refractivity contribution in [3.63, 3.8) is 0 Å². The van der Waals surface area contributed by atoms with E-state index in [2.05, 4.69) is 40.4 Å². The van der Waals surface area contributed by atoms with Crippen molar-refractivity contribution in [2.24, 2.45) is 0 Å². The Bertz CT molecular complexity index is 828. The molecule has 2 aliphatic heterocycles. The first-order chi connectivity index (χ1) is 14.1. The van der Waals surface area contributed by atoms with Gasteiger partial charge in [-0.05, 0) is 31.5 Å². The van der Waals surface area contributed by atoms with Gasteiger partial charge in [-0.2, -0.15) is 0 Å². The second-order valence-corrected chi connectivity index (χ2v) is 8.30. The van der Waals surface area contributed by atoms with Gasteiger partial charge in [-0.25, -0.2) is 9.97 Å². The molecule has 0 aliphatic carbocycles. The molecule has 2 fully saturated rings. The van der Waals surface area contributed by atoms with Crippen molar-refractivity contribution >= 4 is 5.91 Å². The van der Waals surface area contributed by atoms with Crippen molar-refractivity contribution in [3.05, 3.63) is 42.1 Å². The SMILES string of the molecule is CC(C)c1nccn1-c1cccc([C@@H]2CCCN(CC(=O)N3CCOCC3)C2)n1. The highest BCUT2D eigenvalue weighted by molar-refractivity contribution is 5.78. The number of nitrogens with zero attached hydrogens (tertiary/aromatic N) is 5. The van der Waals surface area contributed by atoms with E-state index in [0.29, 0.717) is 44.7 Å². The van der Waals surface area contributed by atoms with Crippen LogP contribution in [0.3, 0.4) is 0 Å². The molecule has 2 aliphatic rings. The Morgan fingerprint density at radius 2 is 2.07 bits per heavy atom. The number of ether oxygens (including phenoxy) is 1. The van der Waals surface area contributed by atoms with E-state index in [1.807, 2.05) is 23.4 Å². The number of carbonyl (C=O) groups excluding carboxylic acids is 1. The van der Waals surface area contributed by atoms with Gasteiger partial charge in [0.25, 0.3) is 0 Å². The van der Waals surface area contributed by atoms with Crippen molar-refractivity contribution in [1.82, 2.24) is 24.3 Å². The molecule has 7 nitrogen and oxygen atoms in total. The normalized spacial score (nSPS) is 20.9. The quantitative estimate of drug-likeness (QED) is 0.775. The number of hydrogen-bond donors (Lipinski definition) is 0. The topological polar surface area (TPSA) is 63.5 Å². The predicted molar refractivity (Wildman–Crippen MR) is 111 cm³/mol. The molecule has 2 saturated heterocycles. The van der Waals surface area contributed by atoms with Crippen molar-refractivity contribution in [3.8, 4) is 5.82 Å². The Morgan fingerprint density at radius 3 is 2.86 bits per heavy atom. The van der Waals surface area contributed by atoms with Crippen LogP contribution < -0.4 is 0 Å². The molecule has 29 heavy (non-hydrogen) atoms. The third-order valence-corrected chi connectivity index (χ3v) is 5.83. The van der Waals surface area contributed by atoms with Crippen molar-refractivity contribution in [2.45, 2.75) is 38.5 Å². The van der Waals surface area contributed by atoms with E-state index < -0.39 is 0 Å². The van der Waals surface area contributed by atoms with Gasteiger partial charge in [-0.3, -0.25) is 14.3 Å². The second-order valence-electron chi connectivity index (χ2n) is 8.30. The van der Waals surface area contributed by atoms with Crippen molar-refractivity contribution in [1.29, 1.82) is 0 Å². The zero-order valence-electron chi connectivity index (χ0n) is 17.5. The average Bonchev–Trinajstić information content (AvgIpc) is 3.25. The van der Waals surface area contributed by atoms with E-state index in [4.69, 9.17) is 9.72 Å². The predicted octanol–water partition coefficient (Wildman–Crippen LogP) is 2.43. The fourth-order valence-corrected chi connectivity index (χ4v) is 4.28. The van der Waals surface area contributed by atoms with Crippen molar-refractivity contribution in [2.75, 3.05) is 45.9 Å². The molecular formula is C22H31N5O2. The first-order valence-corrected chi connectivity index (χ1v) is 10.7. The van der Waals surface area contributed by atoms with Crippen LogP contribution in [0.2, 0.25) is 0 Å². The lowest BCUT2D eigenvalue weighted by molar-refractivity contribution is -0.136. The van der Waals surface area contributed by atoms with Gasteiger partial charge in [-0.15, -0.1) is 0 Å². The summed E-state index contributed by atoms with van der Waals surface area (Å²) in [6.07, 6.45) is 6.02. The van der Waals surface area contributed by atoms with Crippen LogP contribution in [-0.2, 0) is 9.53 Å². The van der Waals surface area contributed by atoms with Gasteiger partial charge in [-0.1, -0.05) is 19.9 Å². The summed E-state index contributed by atoms with van der Waals surface area (Å²) in [4.78, 5) is 26.3. The van der Waals surface area contributed by atoms with Gasteiger partial charge < -0.3 is 9.64 Å². The van der Waals surface area contributed by atoms with Crippen LogP contribution in [0.5, 0.6) is 0 Å². The van der Waals surface area contributed by atoms with E-state index in [9.17, 15) is 4.79 Å². The van der Waals surface area contributed by atoms with Gasteiger partial charge in [0.05, 0.1) is 19.8 Å². The highest BCUT2D eigenvalue weighted by atomic mass is 16.5. The van der Waals surface area contributed by atoms with E-state index >= 15 is 0 Å². The fourth-order valence-electron chi connectivity index (χ4n) is 4.28. The van der Waals surface area contributed by atoms with Gasteiger partial charge in [0.2, 0.25) is 5.91 Å². The maximum atomic E-state index is 12.6. The lowest BCUT2D eigenvalue weighted by atomic mass is 9.94. The summed E-state index contributed by atoms with van der Waals surface area (Å²) in [6.45, 7) is 9.37. The van der Waals surface area contributed by atoms with Crippen LogP contribution in [-0.4, -0.2) is 76.2 Å². The third kappa shape index (κ3) is 4.67. The van der Waals surface area contributed by atoms with Gasteiger partial charge in [0.1, 0.15) is 11.6 Å². The van der Waals surface area contributed by atoms with Crippen LogP contribution >= 0.6 is 0 Å². The standard InChI is InChI=1S/C22H31N5O2/c1-17(2)22-23-8-10-27(22)20-7-3-6-19(24-20)18-5-4-9-25(15-18)16-21(28)26-11-13-29-14-12-26/h3,6-8,10,17-18H,4-5,9,11-16H2,1-2H3/t18-/m1/s1. The van der Waals surface area contributed by atoms with Crippen molar-refractivity contribution < 1.29 is 9.53 Å². The number of imidazole rings is 1. The summed E-state index contributed by atoms with van der Waals surface area (Å²) in [5.41, 5.74) is 1.11. The lowest BCUT2D eigenvalue weighted by Crippen LogP contribution is -2.47. The number of rotatable bonds is 5. The van der Waals surface area contributed by atoms with Crippen LogP contribution in [0.1, 0.15) is 50.0 Å². The molecule has 156 valence electrons.